The maximum atomic E-state index is 14.4. The highest BCUT2D eigenvalue weighted by Crippen LogP contribution is 2.38. The third kappa shape index (κ3) is 2.35. The number of halogens is 2. The van der Waals surface area contributed by atoms with E-state index in [0.29, 0.717) is 18.7 Å². The molecule has 1 amide bonds. The van der Waals surface area contributed by atoms with Gasteiger partial charge in [0.15, 0.2) is 17.4 Å². The molecule has 1 saturated carbocycles. The number of nitrogens with zero attached hydrogens (tertiary/aromatic N) is 1. The summed E-state index contributed by atoms with van der Waals surface area (Å²) in [5, 5.41) is 2.92. The van der Waals surface area contributed by atoms with Gasteiger partial charge in [0.25, 0.3) is 0 Å². The zero-order valence-electron chi connectivity index (χ0n) is 12.6. The second-order valence-corrected chi connectivity index (χ2v) is 5.97. The summed E-state index contributed by atoms with van der Waals surface area (Å²) in [5.74, 6) is -1.72. The fraction of sp³-hybridized carbons (Fsp3) is 0.562. The number of hydrogen-bond donors (Lipinski definition) is 1. The number of hydrogen-bond acceptors (Lipinski definition) is 3. The molecule has 1 aliphatic carbocycles. The number of carbonyl (C=O) groups is 1. The van der Waals surface area contributed by atoms with Crippen molar-refractivity contribution in [1.29, 1.82) is 0 Å². The van der Waals surface area contributed by atoms with E-state index in [1.807, 2.05) is 4.90 Å². The zero-order valence-corrected chi connectivity index (χ0v) is 12.6. The lowest BCUT2D eigenvalue weighted by molar-refractivity contribution is -0.137. The zero-order chi connectivity index (χ0) is 15.7. The minimum Gasteiger partial charge on any atom is -0.491 e. The van der Waals surface area contributed by atoms with Crippen molar-refractivity contribution in [3.63, 3.8) is 0 Å². The fourth-order valence-corrected chi connectivity index (χ4v) is 3.65. The van der Waals surface area contributed by atoms with Crippen LogP contribution in [-0.2, 0) is 11.3 Å². The number of ether oxygens (including phenoxy) is 1. The molecule has 2 fully saturated rings. The first-order chi connectivity index (χ1) is 10.6. The van der Waals surface area contributed by atoms with Gasteiger partial charge in [-0.2, -0.15) is 0 Å². The minimum atomic E-state index is -0.712. The summed E-state index contributed by atoms with van der Waals surface area (Å²) < 4.78 is 32.7. The third-order valence-corrected chi connectivity index (χ3v) is 4.82. The minimum absolute atomic E-state index is 0.0331. The standard InChI is InChI=1S/C16H20F2N2O2/c1-22-14-12(17)5-4-11(13(14)18)10-20-9-8-19-15(21)16(20)6-2-3-7-16/h4-5H,2-3,6-10H2,1H3,(H,19,21). The molecule has 0 aromatic heterocycles. The first-order valence-electron chi connectivity index (χ1n) is 7.63. The van der Waals surface area contributed by atoms with E-state index >= 15 is 0 Å². The Morgan fingerprint density at radius 1 is 1.32 bits per heavy atom. The number of benzene rings is 1. The Balaban J connectivity index is 1.90. The largest absolute Gasteiger partial charge is 0.491 e. The Kier molecular flexibility index (Phi) is 4.04. The van der Waals surface area contributed by atoms with Gasteiger partial charge in [-0.3, -0.25) is 9.69 Å². The number of amides is 1. The lowest BCUT2D eigenvalue weighted by atomic mass is 9.91. The number of carbonyl (C=O) groups excluding carboxylic acids is 1. The van der Waals surface area contributed by atoms with E-state index in [1.54, 1.807) is 0 Å². The topological polar surface area (TPSA) is 41.6 Å². The van der Waals surface area contributed by atoms with Gasteiger partial charge >= 0.3 is 0 Å². The van der Waals surface area contributed by atoms with Crippen molar-refractivity contribution in [3.05, 3.63) is 29.3 Å². The van der Waals surface area contributed by atoms with Crippen molar-refractivity contribution in [2.75, 3.05) is 20.2 Å². The number of nitrogens with one attached hydrogen (secondary N) is 1. The van der Waals surface area contributed by atoms with Crippen molar-refractivity contribution in [2.45, 2.75) is 37.8 Å². The van der Waals surface area contributed by atoms with Gasteiger partial charge in [0.05, 0.1) is 7.11 Å². The predicted molar refractivity (Wildman–Crippen MR) is 77.5 cm³/mol. The highest BCUT2D eigenvalue weighted by atomic mass is 19.1. The normalized spacial score (nSPS) is 21.1. The summed E-state index contributed by atoms with van der Waals surface area (Å²) >= 11 is 0. The maximum absolute atomic E-state index is 14.4. The molecule has 1 N–H and O–H groups in total. The molecule has 1 aromatic carbocycles. The average Bonchev–Trinajstić information content (AvgIpc) is 2.98. The third-order valence-electron chi connectivity index (χ3n) is 4.82. The molecule has 1 aliphatic heterocycles. The molecule has 0 bridgehead atoms. The van der Waals surface area contributed by atoms with Crippen molar-refractivity contribution >= 4 is 5.91 Å². The van der Waals surface area contributed by atoms with E-state index in [9.17, 15) is 13.6 Å². The summed E-state index contributed by atoms with van der Waals surface area (Å²) in [7, 11) is 1.25. The van der Waals surface area contributed by atoms with E-state index < -0.39 is 17.2 Å². The van der Waals surface area contributed by atoms with Gasteiger partial charge in [-0.25, -0.2) is 8.78 Å². The first kappa shape index (κ1) is 15.2. The molecule has 1 aromatic rings. The number of methoxy groups -OCH3 is 1. The van der Waals surface area contributed by atoms with Gasteiger partial charge in [0.2, 0.25) is 5.91 Å². The number of rotatable bonds is 3. The fourth-order valence-electron chi connectivity index (χ4n) is 3.65. The summed E-state index contributed by atoms with van der Waals surface area (Å²) in [4.78, 5) is 14.4. The Labute approximate surface area is 128 Å². The Hall–Kier alpha value is -1.69. The molecule has 1 spiro atoms. The Bertz CT molecular complexity index is 586. The van der Waals surface area contributed by atoms with Gasteiger partial charge in [-0.1, -0.05) is 18.9 Å². The van der Waals surface area contributed by atoms with Crippen LogP contribution in [-0.4, -0.2) is 36.5 Å². The molecule has 120 valence electrons. The summed E-state index contributed by atoms with van der Waals surface area (Å²) in [5.41, 5.74) is -0.175. The van der Waals surface area contributed by atoms with Crippen molar-refractivity contribution in [2.24, 2.45) is 0 Å². The van der Waals surface area contributed by atoms with Crippen LogP contribution in [0.15, 0.2) is 12.1 Å². The molecule has 22 heavy (non-hydrogen) atoms. The lowest BCUT2D eigenvalue weighted by Gasteiger charge is -2.43. The Morgan fingerprint density at radius 3 is 2.73 bits per heavy atom. The molecular formula is C16H20F2N2O2. The average molecular weight is 310 g/mol. The van der Waals surface area contributed by atoms with Crippen molar-refractivity contribution < 1.29 is 18.3 Å². The van der Waals surface area contributed by atoms with E-state index in [1.165, 1.54) is 19.2 Å². The van der Waals surface area contributed by atoms with Crippen molar-refractivity contribution in [3.8, 4) is 5.75 Å². The second kappa shape index (κ2) is 5.83. The van der Waals surface area contributed by atoms with Crippen LogP contribution in [0.25, 0.3) is 0 Å². The van der Waals surface area contributed by atoms with E-state index in [4.69, 9.17) is 4.74 Å². The quantitative estimate of drug-likeness (QED) is 0.931. The van der Waals surface area contributed by atoms with Crippen LogP contribution in [0.3, 0.4) is 0 Å². The molecular weight excluding hydrogens is 290 g/mol. The lowest BCUT2D eigenvalue weighted by Crippen LogP contribution is -2.63. The molecule has 6 heteroatoms. The first-order valence-corrected chi connectivity index (χ1v) is 7.63. The van der Waals surface area contributed by atoms with Gasteiger partial charge in [0.1, 0.15) is 5.54 Å². The van der Waals surface area contributed by atoms with Gasteiger partial charge < -0.3 is 10.1 Å². The van der Waals surface area contributed by atoms with Gasteiger partial charge in [-0.05, 0) is 18.9 Å². The summed E-state index contributed by atoms with van der Waals surface area (Å²) in [6, 6.07) is 2.64. The molecule has 0 radical (unpaired) electrons. The molecule has 0 atom stereocenters. The molecule has 2 aliphatic rings. The summed E-state index contributed by atoms with van der Waals surface area (Å²) in [6.45, 7) is 1.52. The monoisotopic (exact) mass is 310 g/mol. The van der Waals surface area contributed by atoms with Crippen LogP contribution in [0.5, 0.6) is 5.75 Å². The highest BCUT2D eigenvalue weighted by molar-refractivity contribution is 5.87. The molecule has 1 heterocycles. The van der Waals surface area contributed by atoms with Gasteiger partial charge in [0, 0.05) is 25.2 Å². The van der Waals surface area contributed by atoms with Crippen molar-refractivity contribution in [1.82, 2.24) is 10.2 Å². The maximum Gasteiger partial charge on any atom is 0.240 e. The summed E-state index contributed by atoms with van der Waals surface area (Å²) in [6.07, 6.45) is 3.58. The Morgan fingerprint density at radius 2 is 2.05 bits per heavy atom. The second-order valence-electron chi connectivity index (χ2n) is 5.97. The highest BCUT2D eigenvalue weighted by Gasteiger charge is 2.48. The SMILES string of the molecule is COc1c(F)ccc(CN2CCNC(=O)C23CCCC3)c1F. The number of piperazine rings is 1. The van der Waals surface area contributed by atoms with Gasteiger partial charge in [-0.15, -0.1) is 0 Å². The van der Waals surface area contributed by atoms with Crippen LogP contribution in [0, 0.1) is 11.6 Å². The van der Waals surface area contributed by atoms with E-state index in [2.05, 4.69) is 5.32 Å². The van der Waals surface area contributed by atoms with Crippen LogP contribution < -0.4 is 10.1 Å². The predicted octanol–water partition coefficient (Wildman–Crippen LogP) is 2.22. The molecule has 3 rings (SSSR count). The van der Waals surface area contributed by atoms with Crippen LogP contribution >= 0.6 is 0 Å². The molecule has 0 unspecified atom stereocenters. The molecule has 4 nitrogen and oxygen atoms in total. The van der Waals surface area contributed by atoms with Crippen LogP contribution in [0.4, 0.5) is 8.78 Å². The van der Waals surface area contributed by atoms with Crippen LogP contribution in [0.2, 0.25) is 0 Å². The van der Waals surface area contributed by atoms with Crippen LogP contribution in [0.1, 0.15) is 31.2 Å². The van der Waals surface area contributed by atoms with E-state index in [0.717, 1.165) is 25.7 Å². The smallest absolute Gasteiger partial charge is 0.240 e. The molecule has 1 saturated heterocycles. The van der Waals surface area contributed by atoms with E-state index in [-0.39, 0.29) is 18.2 Å².